The predicted octanol–water partition coefficient (Wildman–Crippen LogP) is 2.53. The van der Waals surface area contributed by atoms with E-state index in [1.54, 1.807) is 6.07 Å². The zero-order valence-corrected chi connectivity index (χ0v) is 13.4. The molecule has 120 valence electrons. The summed E-state index contributed by atoms with van der Waals surface area (Å²) >= 11 is 0. The van der Waals surface area contributed by atoms with Crippen molar-refractivity contribution in [3.8, 4) is 5.75 Å². The Bertz CT molecular complexity index is 566. The van der Waals surface area contributed by atoms with E-state index in [4.69, 9.17) is 4.74 Å². The Balaban J connectivity index is 1.71. The van der Waals surface area contributed by atoms with Crippen LogP contribution in [0.4, 0.5) is 4.39 Å². The SMILES string of the molecule is CCC(C)N1CC2CC(C1)N2C(=O)c1ccc(OC)c(F)c1. The quantitative estimate of drug-likeness (QED) is 0.857. The topological polar surface area (TPSA) is 32.8 Å². The molecule has 4 rings (SSSR count). The third kappa shape index (κ3) is 2.47. The van der Waals surface area contributed by atoms with Gasteiger partial charge in [0.1, 0.15) is 0 Å². The van der Waals surface area contributed by atoms with Crippen LogP contribution in [0.25, 0.3) is 0 Å². The van der Waals surface area contributed by atoms with E-state index in [9.17, 15) is 9.18 Å². The molecule has 1 amide bonds. The Morgan fingerprint density at radius 2 is 2.09 bits per heavy atom. The summed E-state index contributed by atoms with van der Waals surface area (Å²) < 4.78 is 18.7. The molecule has 3 atom stereocenters. The fourth-order valence-corrected chi connectivity index (χ4v) is 3.54. The number of hydrogen-bond acceptors (Lipinski definition) is 3. The largest absolute Gasteiger partial charge is 0.494 e. The lowest BCUT2D eigenvalue weighted by atomic mass is 9.85. The number of fused-ring (bicyclic) bond motifs is 2. The molecule has 0 radical (unpaired) electrons. The second kappa shape index (κ2) is 5.88. The molecule has 4 nitrogen and oxygen atoms in total. The molecule has 0 spiro atoms. The standard InChI is InChI=1S/C17H23FN2O2/c1-4-11(2)19-9-13-8-14(10-19)20(13)17(21)12-5-6-16(22-3)15(18)7-12/h5-7,11,13-14H,4,8-10H2,1-3H3. The van der Waals surface area contributed by atoms with Gasteiger partial charge in [-0.15, -0.1) is 0 Å². The van der Waals surface area contributed by atoms with Crippen molar-refractivity contribution in [2.24, 2.45) is 0 Å². The van der Waals surface area contributed by atoms with Crippen LogP contribution in [0.1, 0.15) is 37.0 Å². The summed E-state index contributed by atoms with van der Waals surface area (Å²) in [7, 11) is 1.42. The molecule has 3 fully saturated rings. The minimum atomic E-state index is -0.486. The highest BCUT2D eigenvalue weighted by molar-refractivity contribution is 5.95. The smallest absolute Gasteiger partial charge is 0.254 e. The van der Waals surface area contributed by atoms with E-state index >= 15 is 0 Å². The first-order valence-electron chi connectivity index (χ1n) is 7.95. The Kier molecular flexibility index (Phi) is 4.08. The number of carbonyl (C=O) groups excluding carboxylic acids is 1. The third-order valence-electron chi connectivity index (χ3n) is 5.07. The Hall–Kier alpha value is -1.62. The molecule has 3 saturated heterocycles. The van der Waals surface area contributed by atoms with Crippen LogP contribution in [0.15, 0.2) is 18.2 Å². The van der Waals surface area contributed by atoms with Crippen LogP contribution in [0.2, 0.25) is 0 Å². The summed E-state index contributed by atoms with van der Waals surface area (Å²) in [5.74, 6) is -0.379. The molecule has 3 aliphatic rings. The van der Waals surface area contributed by atoms with Gasteiger partial charge in [0.15, 0.2) is 11.6 Å². The normalized spacial score (nSPS) is 25.5. The van der Waals surface area contributed by atoms with Gasteiger partial charge in [-0.25, -0.2) is 4.39 Å². The predicted molar refractivity (Wildman–Crippen MR) is 82.6 cm³/mol. The van der Waals surface area contributed by atoms with Crippen LogP contribution in [0, 0.1) is 5.82 Å². The average Bonchev–Trinajstić information content (AvgIpc) is 2.53. The monoisotopic (exact) mass is 306 g/mol. The van der Waals surface area contributed by atoms with E-state index in [2.05, 4.69) is 18.7 Å². The second-order valence-corrected chi connectivity index (χ2v) is 6.32. The molecule has 3 aliphatic heterocycles. The van der Waals surface area contributed by atoms with Crippen LogP contribution in [0.3, 0.4) is 0 Å². The minimum absolute atomic E-state index is 0.0633. The molecule has 5 heteroatoms. The van der Waals surface area contributed by atoms with Gasteiger partial charge in [0.05, 0.1) is 7.11 Å². The summed E-state index contributed by atoms with van der Waals surface area (Å²) in [6, 6.07) is 5.53. The van der Waals surface area contributed by atoms with Gasteiger partial charge in [-0.05, 0) is 38.0 Å². The first kappa shape index (κ1) is 15.3. The number of ether oxygens (including phenoxy) is 1. The molecule has 2 bridgehead atoms. The molecule has 0 aromatic heterocycles. The van der Waals surface area contributed by atoms with Gasteiger partial charge < -0.3 is 9.64 Å². The van der Waals surface area contributed by atoms with E-state index < -0.39 is 5.82 Å². The van der Waals surface area contributed by atoms with Crippen LogP contribution in [0.5, 0.6) is 5.75 Å². The number of methoxy groups -OCH3 is 1. The van der Waals surface area contributed by atoms with Crippen LogP contribution < -0.4 is 4.74 Å². The highest BCUT2D eigenvalue weighted by Gasteiger charge is 2.47. The van der Waals surface area contributed by atoms with Crippen molar-refractivity contribution >= 4 is 5.91 Å². The van der Waals surface area contributed by atoms with E-state index in [0.717, 1.165) is 25.9 Å². The summed E-state index contributed by atoms with van der Waals surface area (Å²) in [5, 5.41) is 0. The highest BCUT2D eigenvalue weighted by atomic mass is 19.1. The maximum absolute atomic E-state index is 13.8. The average molecular weight is 306 g/mol. The second-order valence-electron chi connectivity index (χ2n) is 6.32. The van der Waals surface area contributed by atoms with E-state index in [1.165, 1.54) is 19.2 Å². The van der Waals surface area contributed by atoms with Crippen molar-refractivity contribution < 1.29 is 13.9 Å². The van der Waals surface area contributed by atoms with Crippen LogP contribution in [-0.2, 0) is 0 Å². The minimum Gasteiger partial charge on any atom is -0.494 e. The van der Waals surface area contributed by atoms with Crippen molar-refractivity contribution in [1.29, 1.82) is 0 Å². The zero-order chi connectivity index (χ0) is 15.9. The van der Waals surface area contributed by atoms with Crippen LogP contribution in [-0.4, -0.2) is 54.0 Å². The molecule has 1 aromatic rings. The van der Waals surface area contributed by atoms with Crippen molar-refractivity contribution in [1.82, 2.24) is 9.80 Å². The van der Waals surface area contributed by atoms with E-state index in [0.29, 0.717) is 11.6 Å². The van der Waals surface area contributed by atoms with Crippen molar-refractivity contribution in [2.75, 3.05) is 20.2 Å². The Morgan fingerprint density at radius 3 is 2.64 bits per heavy atom. The summed E-state index contributed by atoms with van der Waals surface area (Å²) in [6.07, 6.45) is 2.19. The summed E-state index contributed by atoms with van der Waals surface area (Å²) in [4.78, 5) is 17.0. The zero-order valence-electron chi connectivity index (χ0n) is 13.4. The van der Waals surface area contributed by atoms with Gasteiger partial charge in [-0.1, -0.05) is 6.92 Å². The third-order valence-corrected chi connectivity index (χ3v) is 5.07. The number of hydrogen-bond donors (Lipinski definition) is 0. The van der Waals surface area contributed by atoms with Gasteiger partial charge in [-0.3, -0.25) is 9.69 Å². The van der Waals surface area contributed by atoms with E-state index in [-0.39, 0.29) is 23.7 Å². The van der Waals surface area contributed by atoms with Crippen LogP contribution >= 0.6 is 0 Å². The summed E-state index contributed by atoms with van der Waals surface area (Å²) in [5.41, 5.74) is 0.407. The number of amides is 1. The molecule has 0 aliphatic carbocycles. The fraction of sp³-hybridized carbons (Fsp3) is 0.588. The van der Waals surface area contributed by atoms with Crippen molar-refractivity contribution in [3.63, 3.8) is 0 Å². The van der Waals surface area contributed by atoms with Gasteiger partial charge in [0.25, 0.3) is 5.91 Å². The number of halogens is 1. The maximum atomic E-state index is 13.8. The van der Waals surface area contributed by atoms with Crippen molar-refractivity contribution in [3.05, 3.63) is 29.6 Å². The first-order valence-corrected chi connectivity index (χ1v) is 7.95. The number of rotatable bonds is 4. The Labute approximate surface area is 130 Å². The number of piperidine rings is 1. The Morgan fingerprint density at radius 1 is 1.41 bits per heavy atom. The van der Waals surface area contributed by atoms with Gasteiger partial charge in [-0.2, -0.15) is 0 Å². The molecule has 0 saturated carbocycles. The number of carbonyl (C=O) groups is 1. The molecule has 1 aromatic carbocycles. The molecular weight excluding hydrogens is 283 g/mol. The molecule has 3 unspecified atom stereocenters. The lowest BCUT2D eigenvalue weighted by Crippen LogP contribution is -2.71. The fourth-order valence-electron chi connectivity index (χ4n) is 3.54. The summed E-state index contributed by atoms with van der Waals surface area (Å²) in [6.45, 7) is 6.27. The van der Waals surface area contributed by atoms with Gasteiger partial charge in [0, 0.05) is 36.8 Å². The van der Waals surface area contributed by atoms with Gasteiger partial charge in [0.2, 0.25) is 0 Å². The highest BCUT2D eigenvalue weighted by Crippen LogP contribution is 2.35. The van der Waals surface area contributed by atoms with Gasteiger partial charge >= 0.3 is 0 Å². The first-order chi connectivity index (χ1) is 10.5. The molecule has 0 N–H and O–H groups in total. The number of nitrogens with zero attached hydrogens (tertiary/aromatic N) is 2. The number of benzene rings is 1. The molecule has 3 heterocycles. The lowest BCUT2D eigenvalue weighted by Gasteiger charge is -2.57. The molecule has 22 heavy (non-hydrogen) atoms. The molecular formula is C17H23FN2O2. The van der Waals surface area contributed by atoms with Crippen molar-refractivity contribution in [2.45, 2.75) is 44.8 Å². The number of piperazine rings is 1. The maximum Gasteiger partial charge on any atom is 0.254 e. The lowest BCUT2D eigenvalue weighted by molar-refractivity contribution is -0.0587. The van der Waals surface area contributed by atoms with E-state index in [1.807, 2.05) is 4.90 Å².